The van der Waals surface area contributed by atoms with Crippen molar-refractivity contribution in [2.45, 2.75) is 44.6 Å². The van der Waals surface area contributed by atoms with E-state index in [1.807, 2.05) is 18.2 Å². The van der Waals surface area contributed by atoms with Crippen molar-refractivity contribution < 1.29 is 9.53 Å². The number of nitrogens with zero attached hydrogens (tertiary/aromatic N) is 1. The molecule has 2 aliphatic rings. The first-order valence-electron chi connectivity index (χ1n) is 10.1. The van der Waals surface area contributed by atoms with Crippen molar-refractivity contribution in [3.05, 3.63) is 65.2 Å². The third kappa shape index (κ3) is 3.08. The normalized spacial score (nSPS) is 26.6. The highest BCUT2D eigenvalue weighted by Gasteiger charge is 2.48. The summed E-state index contributed by atoms with van der Waals surface area (Å²) in [6, 6.07) is 16.7. The zero-order chi connectivity index (χ0) is 19.0. The fraction of sp³-hybridized carbons (Fsp3) is 0.458. The van der Waals surface area contributed by atoms with Crippen LogP contribution in [0.3, 0.4) is 0 Å². The van der Waals surface area contributed by atoms with Crippen LogP contribution in [0.15, 0.2) is 48.5 Å². The molecule has 1 saturated heterocycles. The number of ketones is 1. The molecule has 0 bridgehead atoms. The third-order valence-electron chi connectivity index (χ3n) is 6.93. The van der Waals surface area contributed by atoms with Gasteiger partial charge < -0.3 is 4.74 Å². The van der Waals surface area contributed by atoms with Crippen LogP contribution >= 0.6 is 0 Å². The minimum absolute atomic E-state index is 0.275. The minimum atomic E-state index is -0.413. The maximum atomic E-state index is 13.5. The van der Waals surface area contributed by atoms with Crippen molar-refractivity contribution >= 4 is 5.78 Å². The summed E-state index contributed by atoms with van der Waals surface area (Å²) >= 11 is 0. The smallest absolute Gasteiger partial charge is 0.183 e. The molecular formula is C24H29NO2. The maximum absolute atomic E-state index is 13.5. The second kappa shape index (κ2) is 7.12. The SMILES string of the molecule is COc1ccc2c(c1)CC(C)C(C)(N1CCC(c3ccccc3)CC1)C2=O. The standard InChI is InChI=1S/C24H29NO2/c1-17-15-20-16-21(27-3)9-10-22(20)23(26)24(17,2)25-13-11-19(12-14-25)18-7-5-4-6-8-18/h4-10,16-17,19H,11-15H2,1-3H3. The first-order chi connectivity index (χ1) is 13.0. The van der Waals surface area contributed by atoms with E-state index in [0.717, 1.165) is 49.2 Å². The molecule has 2 atom stereocenters. The van der Waals surface area contributed by atoms with Gasteiger partial charge in [0, 0.05) is 5.56 Å². The van der Waals surface area contributed by atoms with Crippen LogP contribution in [0.25, 0.3) is 0 Å². The van der Waals surface area contributed by atoms with Crippen LogP contribution in [0.5, 0.6) is 5.75 Å². The second-order valence-electron chi connectivity index (χ2n) is 8.28. The summed E-state index contributed by atoms with van der Waals surface area (Å²) in [5.74, 6) is 2.01. The van der Waals surface area contributed by atoms with E-state index < -0.39 is 5.54 Å². The molecule has 3 heteroatoms. The summed E-state index contributed by atoms with van der Waals surface area (Å²) in [6.45, 7) is 6.36. The molecule has 2 aromatic rings. The van der Waals surface area contributed by atoms with Crippen LogP contribution < -0.4 is 4.74 Å². The number of benzene rings is 2. The largest absolute Gasteiger partial charge is 0.497 e. The zero-order valence-corrected chi connectivity index (χ0v) is 16.6. The van der Waals surface area contributed by atoms with Crippen molar-refractivity contribution in [1.82, 2.24) is 4.90 Å². The number of ether oxygens (including phenoxy) is 1. The lowest BCUT2D eigenvalue weighted by molar-refractivity contribution is 0.0244. The Bertz CT molecular complexity index is 824. The van der Waals surface area contributed by atoms with E-state index >= 15 is 0 Å². The molecule has 0 radical (unpaired) electrons. The first kappa shape index (κ1) is 18.2. The molecule has 0 aromatic heterocycles. The zero-order valence-electron chi connectivity index (χ0n) is 16.6. The highest BCUT2D eigenvalue weighted by Crippen LogP contribution is 2.41. The summed E-state index contributed by atoms with van der Waals surface area (Å²) in [6.07, 6.45) is 3.16. The number of Topliss-reactive ketones (excluding diaryl/α,β-unsaturated/α-hetero) is 1. The van der Waals surface area contributed by atoms with Gasteiger partial charge in [-0.2, -0.15) is 0 Å². The Morgan fingerprint density at radius 3 is 2.44 bits per heavy atom. The van der Waals surface area contributed by atoms with Gasteiger partial charge in [0.05, 0.1) is 12.6 Å². The number of hydrogen-bond acceptors (Lipinski definition) is 3. The predicted molar refractivity (Wildman–Crippen MR) is 109 cm³/mol. The summed E-state index contributed by atoms with van der Waals surface area (Å²) < 4.78 is 5.35. The summed E-state index contributed by atoms with van der Waals surface area (Å²) in [4.78, 5) is 16.0. The summed E-state index contributed by atoms with van der Waals surface area (Å²) in [5.41, 5.74) is 3.02. The van der Waals surface area contributed by atoms with Gasteiger partial charge >= 0.3 is 0 Å². The number of hydrogen-bond donors (Lipinski definition) is 0. The number of carbonyl (C=O) groups is 1. The third-order valence-corrected chi connectivity index (χ3v) is 6.93. The Hall–Kier alpha value is -2.13. The molecule has 27 heavy (non-hydrogen) atoms. The van der Waals surface area contributed by atoms with Gasteiger partial charge in [-0.3, -0.25) is 9.69 Å². The Labute approximate surface area is 162 Å². The van der Waals surface area contributed by atoms with Gasteiger partial charge in [-0.05, 0) is 80.4 Å². The molecule has 1 aliphatic carbocycles. The Kier molecular flexibility index (Phi) is 4.81. The Balaban J connectivity index is 1.55. The van der Waals surface area contributed by atoms with Crippen molar-refractivity contribution in [3.63, 3.8) is 0 Å². The quantitative estimate of drug-likeness (QED) is 0.791. The molecule has 0 spiro atoms. The fourth-order valence-corrected chi connectivity index (χ4v) is 4.97. The van der Waals surface area contributed by atoms with Gasteiger partial charge in [0.1, 0.15) is 5.75 Å². The van der Waals surface area contributed by atoms with E-state index in [2.05, 4.69) is 49.1 Å². The predicted octanol–water partition coefficient (Wildman–Crippen LogP) is 4.71. The highest BCUT2D eigenvalue weighted by atomic mass is 16.5. The lowest BCUT2D eigenvalue weighted by Gasteiger charge is -2.49. The van der Waals surface area contributed by atoms with Crippen LogP contribution in [0.1, 0.15) is 54.1 Å². The molecule has 1 fully saturated rings. The molecule has 2 aromatic carbocycles. The first-order valence-corrected chi connectivity index (χ1v) is 10.1. The molecule has 4 rings (SSSR count). The number of rotatable bonds is 3. The van der Waals surface area contributed by atoms with Crippen LogP contribution in [0.2, 0.25) is 0 Å². The van der Waals surface area contributed by atoms with Crippen molar-refractivity contribution in [1.29, 1.82) is 0 Å². The maximum Gasteiger partial charge on any atom is 0.183 e. The van der Waals surface area contributed by atoms with E-state index in [4.69, 9.17) is 4.74 Å². The minimum Gasteiger partial charge on any atom is -0.497 e. The van der Waals surface area contributed by atoms with Crippen LogP contribution in [0, 0.1) is 5.92 Å². The summed E-state index contributed by atoms with van der Waals surface area (Å²) in [5, 5.41) is 0. The second-order valence-corrected chi connectivity index (χ2v) is 8.28. The van der Waals surface area contributed by atoms with Gasteiger partial charge in [-0.25, -0.2) is 0 Å². The number of piperidine rings is 1. The molecule has 3 nitrogen and oxygen atoms in total. The fourth-order valence-electron chi connectivity index (χ4n) is 4.97. The molecule has 0 amide bonds. The molecule has 2 unspecified atom stereocenters. The van der Waals surface area contributed by atoms with E-state index in [9.17, 15) is 4.79 Å². The lowest BCUT2D eigenvalue weighted by Crippen LogP contribution is -2.60. The molecule has 1 heterocycles. The number of carbonyl (C=O) groups excluding carboxylic acids is 1. The van der Waals surface area contributed by atoms with Crippen LogP contribution in [-0.4, -0.2) is 36.4 Å². The van der Waals surface area contributed by atoms with Gasteiger partial charge in [-0.1, -0.05) is 37.3 Å². The van der Waals surface area contributed by atoms with Crippen LogP contribution in [0.4, 0.5) is 0 Å². The van der Waals surface area contributed by atoms with E-state index in [0.29, 0.717) is 5.92 Å². The molecule has 0 saturated carbocycles. The Morgan fingerprint density at radius 2 is 1.78 bits per heavy atom. The van der Waals surface area contributed by atoms with Crippen LogP contribution in [-0.2, 0) is 6.42 Å². The van der Waals surface area contributed by atoms with E-state index in [-0.39, 0.29) is 11.7 Å². The number of methoxy groups -OCH3 is 1. The molecular weight excluding hydrogens is 334 g/mol. The van der Waals surface area contributed by atoms with E-state index in [1.54, 1.807) is 7.11 Å². The number of fused-ring (bicyclic) bond motifs is 1. The summed E-state index contributed by atoms with van der Waals surface area (Å²) in [7, 11) is 1.68. The lowest BCUT2D eigenvalue weighted by atomic mass is 9.69. The molecule has 142 valence electrons. The van der Waals surface area contributed by atoms with Gasteiger partial charge in [0.15, 0.2) is 5.78 Å². The number of likely N-dealkylation sites (tertiary alicyclic amines) is 1. The van der Waals surface area contributed by atoms with Gasteiger partial charge in [0.2, 0.25) is 0 Å². The monoisotopic (exact) mass is 363 g/mol. The topological polar surface area (TPSA) is 29.5 Å². The highest BCUT2D eigenvalue weighted by molar-refractivity contribution is 6.05. The average molecular weight is 364 g/mol. The molecule has 0 N–H and O–H groups in total. The van der Waals surface area contributed by atoms with Crippen molar-refractivity contribution in [2.24, 2.45) is 5.92 Å². The average Bonchev–Trinajstić information content (AvgIpc) is 2.72. The van der Waals surface area contributed by atoms with E-state index in [1.165, 1.54) is 5.56 Å². The Morgan fingerprint density at radius 1 is 1.07 bits per heavy atom. The van der Waals surface area contributed by atoms with Gasteiger partial charge in [0.25, 0.3) is 0 Å². The van der Waals surface area contributed by atoms with Crippen molar-refractivity contribution in [2.75, 3.05) is 20.2 Å². The molecule has 1 aliphatic heterocycles. The van der Waals surface area contributed by atoms with Crippen molar-refractivity contribution in [3.8, 4) is 5.75 Å². The van der Waals surface area contributed by atoms with Gasteiger partial charge in [-0.15, -0.1) is 0 Å².